The van der Waals surface area contributed by atoms with Crippen LogP contribution in [0.2, 0.25) is 0 Å². The maximum absolute atomic E-state index is 11.7. The fourth-order valence-electron chi connectivity index (χ4n) is 3.57. The molecule has 8 heteroatoms. The Morgan fingerprint density at radius 2 is 2.07 bits per heavy atom. The van der Waals surface area contributed by atoms with Crippen LogP contribution in [0.3, 0.4) is 0 Å². The summed E-state index contributed by atoms with van der Waals surface area (Å²) in [5.41, 5.74) is 10.6. The second-order valence-electron chi connectivity index (χ2n) is 7.16. The Labute approximate surface area is 168 Å². The number of benzene rings is 1. The maximum Gasteiger partial charge on any atom is 0.219 e. The first-order valence-corrected chi connectivity index (χ1v) is 9.86. The molecule has 0 spiro atoms. The van der Waals surface area contributed by atoms with E-state index in [1.165, 1.54) is 0 Å². The van der Waals surface area contributed by atoms with Crippen LogP contribution < -0.4 is 5.73 Å². The zero-order valence-electron chi connectivity index (χ0n) is 16.9. The van der Waals surface area contributed by atoms with E-state index >= 15 is 0 Å². The molecule has 3 N–H and O–H groups in total. The average Bonchev–Trinajstić information content (AvgIpc) is 3.33. The summed E-state index contributed by atoms with van der Waals surface area (Å²) >= 11 is 0. The molecular formula is C21H25N7O. The lowest BCUT2D eigenvalue weighted by Gasteiger charge is -2.16. The summed E-state index contributed by atoms with van der Waals surface area (Å²) in [7, 11) is 0. The van der Waals surface area contributed by atoms with Crippen LogP contribution in [0.25, 0.3) is 33.1 Å². The van der Waals surface area contributed by atoms with Crippen LogP contribution in [0, 0.1) is 0 Å². The number of pyridine rings is 1. The lowest BCUT2D eigenvalue weighted by Crippen LogP contribution is -2.28. The number of nitrogens with zero attached hydrogens (tertiary/aromatic N) is 5. The molecule has 29 heavy (non-hydrogen) atoms. The fourth-order valence-corrected chi connectivity index (χ4v) is 3.57. The molecule has 4 aromatic rings. The molecule has 1 aromatic carbocycles. The third kappa shape index (κ3) is 3.53. The number of H-pyrrole nitrogens is 1. The number of rotatable bonds is 6. The Balaban J connectivity index is 1.76. The van der Waals surface area contributed by atoms with E-state index in [1.807, 2.05) is 36.1 Å². The third-order valence-corrected chi connectivity index (χ3v) is 5.09. The summed E-state index contributed by atoms with van der Waals surface area (Å²) < 4.78 is 1.94. The summed E-state index contributed by atoms with van der Waals surface area (Å²) in [6.45, 7) is 7.56. The summed E-state index contributed by atoms with van der Waals surface area (Å²) in [4.78, 5) is 25.9. The van der Waals surface area contributed by atoms with Gasteiger partial charge in [-0.15, -0.1) is 0 Å². The molecule has 3 aromatic heterocycles. The van der Waals surface area contributed by atoms with Gasteiger partial charge in [-0.2, -0.15) is 5.10 Å². The van der Waals surface area contributed by atoms with Crippen LogP contribution in [0.1, 0.15) is 33.0 Å². The molecule has 8 nitrogen and oxygen atoms in total. The quantitative estimate of drug-likeness (QED) is 0.524. The molecule has 0 radical (unpaired) electrons. The second-order valence-corrected chi connectivity index (χ2v) is 7.16. The van der Waals surface area contributed by atoms with Gasteiger partial charge in [-0.25, -0.2) is 9.97 Å². The molecule has 0 aliphatic heterocycles. The third-order valence-electron chi connectivity index (χ3n) is 5.09. The molecule has 0 bridgehead atoms. The first kappa shape index (κ1) is 18.9. The first-order valence-electron chi connectivity index (χ1n) is 9.86. The minimum absolute atomic E-state index is 0.0113. The normalized spacial score (nSPS) is 11.4. The van der Waals surface area contributed by atoms with Crippen LogP contribution in [0.4, 0.5) is 5.82 Å². The number of hydrogen-bond donors (Lipinski definition) is 2. The molecule has 0 fully saturated rings. The summed E-state index contributed by atoms with van der Waals surface area (Å²) in [6, 6.07) is 6.11. The summed E-state index contributed by atoms with van der Waals surface area (Å²) in [6.07, 6.45) is 4.95. The number of imidazole rings is 1. The highest BCUT2D eigenvalue weighted by molar-refractivity contribution is 6.07. The van der Waals surface area contributed by atoms with Gasteiger partial charge in [0.25, 0.3) is 0 Å². The zero-order valence-corrected chi connectivity index (χ0v) is 16.9. The molecule has 1 amide bonds. The smallest absolute Gasteiger partial charge is 0.219 e. The van der Waals surface area contributed by atoms with Crippen molar-refractivity contribution >= 4 is 33.7 Å². The molecule has 0 saturated heterocycles. The molecule has 4 rings (SSSR count). The van der Waals surface area contributed by atoms with Crippen molar-refractivity contribution in [2.45, 2.75) is 40.3 Å². The minimum atomic E-state index is 0.0113. The Morgan fingerprint density at radius 3 is 2.79 bits per heavy atom. The molecule has 0 aliphatic carbocycles. The van der Waals surface area contributed by atoms with Crippen molar-refractivity contribution in [3.05, 3.63) is 36.4 Å². The Bertz CT molecular complexity index is 1190. The molecule has 0 aliphatic rings. The van der Waals surface area contributed by atoms with Gasteiger partial charge in [-0.3, -0.25) is 9.48 Å². The second kappa shape index (κ2) is 7.54. The van der Waals surface area contributed by atoms with Crippen molar-refractivity contribution in [3.8, 4) is 11.1 Å². The number of hydrogen-bond acceptors (Lipinski definition) is 5. The molecule has 0 atom stereocenters. The minimum Gasteiger partial charge on any atom is -0.382 e. The van der Waals surface area contributed by atoms with E-state index < -0.39 is 0 Å². The number of fused-ring (bicyclic) bond motifs is 3. The van der Waals surface area contributed by atoms with Crippen LogP contribution in [-0.2, 0) is 17.9 Å². The SMILES string of the molecule is CCCn1cc(-c2ccc3c(c2)nc(N)c2nc(CN(CC)C(C)=O)[nH]c23)cn1. The number of carbonyl (C=O) groups is 1. The van der Waals surface area contributed by atoms with Crippen LogP contribution >= 0.6 is 0 Å². The van der Waals surface area contributed by atoms with E-state index in [0.717, 1.165) is 40.5 Å². The van der Waals surface area contributed by atoms with Crippen molar-refractivity contribution in [2.75, 3.05) is 12.3 Å². The first-order chi connectivity index (χ1) is 14.0. The number of nitrogen functional groups attached to an aromatic ring is 1. The largest absolute Gasteiger partial charge is 0.382 e. The lowest BCUT2D eigenvalue weighted by molar-refractivity contribution is -0.129. The fraction of sp³-hybridized carbons (Fsp3) is 0.333. The van der Waals surface area contributed by atoms with Crippen molar-refractivity contribution in [1.29, 1.82) is 0 Å². The summed E-state index contributed by atoms with van der Waals surface area (Å²) in [5.74, 6) is 1.08. The van der Waals surface area contributed by atoms with Gasteiger partial charge in [-0.05, 0) is 25.0 Å². The Kier molecular flexibility index (Phi) is 4.92. The van der Waals surface area contributed by atoms with Gasteiger partial charge in [0.05, 0.1) is 23.8 Å². The lowest BCUT2D eigenvalue weighted by atomic mass is 10.1. The van der Waals surface area contributed by atoms with E-state index in [4.69, 9.17) is 5.73 Å². The van der Waals surface area contributed by atoms with Crippen LogP contribution in [0.5, 0.6) is 0 Å². The number of nitrogens with two attached hydrogens (primary N) is 1. The monoisotopic (exact) mass is 391 g/mol. The van der Waals surface area contributed by atoms with Gasteiger partial charge in [0.1, 0.15) is 11.3 Å². The standard InChI is InChI=1S/C21H25N7O/c1-4-8-28-11-15(10-23-28)14-6-7-16-17(9-14)24-21(22)20-19(16)25-18(26-20)12-27(5-2)13(3)29/h6-7,9-11H,4-5,8,12H2,1-3H3,(H2,22,24)(H,25,26). The number of amides is 1. The highest BCUT2D eigenvalue weighted by atomic mass is 16.2. The van der Waals surface area contributed by atoms with Crippen molar-refractivity contribution < 1.29 is 4.79 Å². The highest BCUT2D eigenvalue weighted by Gasteiger charge is 2.15. The van der Waals surface area contributed by atoms with Crippen molar-refractivity contribution in [3.63, 3.8) is 0 Å². The van der Waals surface area contributed by atoms with Crippen molar-refractivity contribution in [2.24, 2.45) is 0 Å². The van der Waals surface area contributed by atoms with Gasteiger partial charge in [0.2, 0.25) is 5.91 Å². The number of carbonyl (C=O) groups excluding carboxylic acids is 1. The number of aryl methyl sites for hydroxylation is 1. The molecular weight excluding hydrogens is 366 g/mol. The number of aromatic amines is 1. The van der Waals surface area contributed by atoms with E-state index in [-0.39, 0.29) is 5.91 Å². The average molecular weight is 391 g/mol. The molecule has 0 unspecified atom stereocenters. The van der Waals surface area contributed by atoms with Crippen LogP contribution in [-0.4, -0.2) is 42.1 Å². The van der Waals surface area contributed by atoms with Crippen LogP contribution in [0.15, 0.2) is 30.6 Å². The maximum atomic E-state index is 11.7. The zero-order chi connectivity index (χ0) is 20.5. The predicted molar refractivity (Wildman–Crippen MR) is 114 cm³/mol. The predicted octanol–water partition coefficient (Wildman–Crippen LogP) is 3.34. The molecule has 0 saturated carbocycles. The van der Waals surface area contributed by atoms with E-state index in [0.29, 0.717) is 30.2 Å². The number of anilines is 1. The Hall–Kier alpha value is -3.42. The number of nitrogens with one attached hydrogen (secondary N) is 1. The van der Waals surface area contributed by atoms with Crippen molar-refractivity contribution in [1.82, 2.24) is 29.6 Å². The summed E-state index contributed by atoms with van der Waals surface area (Å²) in [5, 5.41) is 5.35. The van der Waals surface area contributed by atoms with Gasteiger partial charge in [0, 0.05) is 37.2 Å². The topological polar surface area (TPSA) is 106 Å². The highest BCUT2D eigenvalue weighted by Crippen LogP contribution is 2.30. The van der Waals surface area contributed by atoms with Gasteiger partial charge in [0.15, 0.2) is 5.82 Å². The van der Waals surface area contributed by atoms with E-state index in [1.54, 1.807) is 11.8 Å². The van der Waals surface area contributed by atoms with Gasteiger partial charge in [-0.1, -0.05) is 19.1 Å². The Morgan fingerprint density at radius 1 is 1.24 bits per heavy atom. The molecule has 3 heterocycles. The van der Waals surface area contributed by atoms with Gasteiger partial charge < -0.3 is 15.6 Å². The molecule has 150 valence electrons. The van der Waals surface area contributed by atoms with Gasteiger partial charge >= 0.3 is 0 Å². The van der Waals surface area contributed by atoms with E-state index in [2.05, 4.69) is 33.0 Å². The van der Waals surface area contributed by atoms with E-state index in [9.17, 15) is 4.79 Å². The number of aromatic nitrogens is 5.